The summed E-state index contributed by atoms with van der Waals surface area (Å²) in [5.41, 5.74) is 2.42. The van der Waals surface area contributed by atoms with Gasteiger partial charge in [0.25, 0.3) is 0 Å². The summed E-state index contributed by atoms with van der Waals surface area (Å²) >= 11 is 24.8. The number of benzene rings is 3. The summed E-state index contributed by atoms with van der Waals surface area (Å²) in [6, 6.07) is 13.8. The third kappa shape index (κ3) is 4.03. The molecular weight excluding hydrogens is 466 g/mol. The van der Waals surface area contributed by atoms with Gasteiger partial charge in [0.15, 0.2) is 5.76 Å². The highest BCUT2D eigenvalue weighted by molar-refractivity contribution is 6.37. The smallest absolute Gasteiger partial charge is 0.232 e. The second-order valence-corrected chi connectivity index (χ2v) is 8.31. The van der Waals surface area contributed by atoms with Gasteiger partial charge in [-0.3, -0.25) is 4.79 Å². The summed E-state index contributed by atoms with van der Waals surface area (Å²) in [5, 5.41) is 1.90. The Morgan fingerprint density at radius 3 is 2.17 bits per heavy atom. The first-order chi connectivity index (χ1) is 14.3. The second kappa shape index (κ2) is 8.52. The Morgan fingerprint density at radius 2 is 1.53 bits per heavy atom. The predicted octanol–water partition coefficient (Wildman–Crippen LogP) is 7.80. The van der Waals surface area contributed by atoms with Gasteiger partial charge in [-0.05, 0) is 48.9 Å². The van der Waals surface area contributed by atoms with Gasteiger partial charge in [-0.2, -0.15) is 0 Å². The zero-order valence-corrected chi connectivity index (χ0v) is 18.7. The van der Waals surface area contributed by atoms with E-state index in [1.165, 1.54) is 0 Å². The Labute approximate surface area is 193 Å². The fourth-order valence-electron chi connectivity index (χ4n) is 3.17. The minimum atomic E-state index is -0.237. The van der Waals surface area contributed by atoms with Crippen LogP contribution in [-0.4, -0.2) is 5.78 Å². The Kier molecular flexibility index (Phi) is 5.99. The average Bonchev–Trinajstić information content (AvgIpc) is 3.00. The van der Waals surface area contributed by atoms with Gasteiger partial charge in [0.1, 0.15) is 18.1 Å². The number of ketones is 1. The zero-order valence-electron chi connectivity index (χ0n) is 15.6. The van der Waals surface area contributed by atoms with E-state index in [0.29, 0.717) is 48.3 Å². The lowest BCUT2D eigenvalue weighted by molar-refractivity contribution is 0.101. The van der Waals surface area contributed by atoms with Gasteiger partial charge in [-0.1, -0.05) is 58.5 Å². The van der Waals surface area contributed by atoms with E-state index in [-0.39, 0.29) is 18.1 Å². The molecule has 0 saturated carbocycles. The van der Waals surface area contributed by atoms with Crippen molar-refractivity contribution in [3.8, 4) is 11.5 Å². The molecular formula is C23H14Cl4O3. The summed E-state index contributed by atoms with van der Waals surface area (Å²) in [7, 11) is 0. The number of fused-ring (bicyclic) bond motifs is 1. The summed E-state index contributed by atoms with van der Waals surface area (Å²) in [4.78, 5) is 12.9. The number of rotatable bonds is 4. The van der Waals surface area contributed by atoms with Gasteiger partial charge in [-0.25, -0.2) is 0 Å². The van der Waals surface area contributed by atoms with Crippen molar-refractivity contribution in [2.75, 3.05) is 0 Å². The maximum atomic E-state index is 12.9. The second-order valence-electron chi connectivity index (χ2n) is 6.68. The quantitative estimate of drug-likeness (QED) is 0.358. The van der Waals surface area contributed by atoms with Crippen LogP contribution in [0.4, 0.5) is 0 Å². The molecule has 1 aliphatic heterocycles. The fourth-order valence-corrected chi connectivity index (χ4v) is 4.18. The maximum absolute atomic E-state index is 12.9. The normalized spacial score (nSPS) is 14.0. The third-order valence-corrected chi connectivity index (χ3v) is 6.03. The van der Waals surface area contributed by atoms with Crippen molar-refractivity contribution in [1.82, 2.24) is 0 Å². The first-order valence-electron chi connectivity index (χ1n) is 8.93. The molecule has 4 rings (SSSR count). The molecule has 3 nitrogen and oxygen atoms in total. The van der Waals surface area contributed by atoms with Gasteiger partial charge < -0.3 is 9.47 Å². The molecule has 0 N–H and O–H groups in total. The van der Waals surface area contributed by atoms with E-state index in [1.807, 2.05) is 6.92 Å². The van der Waals surface area contributed by atoms with Crippen LogP contribution in [0.15, 0.2) is 54.3 Å². The van der Waals surface area contributed by atoms with Gasteiger partial charge in [-0.15, -0.1) is 0 Å². The molecule has 0 amide bonds. The van der Waals surface area contributed by atoms with E-state index in [9.17, 15) is 4.79 Å². The molecule has 3 aromatic carbocycles. The lowest BCUT2D eigenvalue weighted by Gasteiger charge is -2.11. The van der Waals surface area contributed by atoms with E-state index >= 15 is 0 Å². The standard InChI is InChI=1S/C23H14Cl4O3/c1-12-8-13(29-11-15-18(26)6-3-7-19(15)27)9-20-22(12)23(28)21(30-20)10-14-16(24)4-2-5-17(14)25/h2-10H,11H2,1H3/b21-10-. The van der Waals surface area contributed by atoms with Crippen LogP contribution in [0.1, 0.15) is 27.0 Å². The van der Waals surface area contributed by atoms with Crippen LogP contribution in [0.3, 0.4) is 0 Å². The fraction of sp³-hybridized carbons (Fsp3) is 0.0870. The molecule has 0 radical (unpaired) electrons. The van der Waals surface area contributed by atoms with E-state index in [0.717, 1.165) is 5.56 Å². The highest BCUT2D eigenvalue weighted by atomic mass is 35.5. The minimum Gasteiger partial charge on any atom is -0.489 e. The largest absolute Gasteiger partial charge is 0.489 e. The van der Waals surface area contributed by atoms with Gasteiger partial charge >= 0.3 is 0 Å². The summed E-state index contributed by atoms with van der Waals surface area (Å²) in [6.45, 7) is 2.00. The van der Waals surface area contributed by atoms with Gasteiger partial charge in [0, 0.05) is 37.3 Å². The summed E-state index contributed by atoms with van der Waals surface area (Å²) in [5.74, 6) is 0.857. The van der Waals surface area contributed by atoms with Crippen LogP contribution in [0.2, 0.25) is 20.1 Å². The summed E-state index contributed by atoms with van der Waals surface area (Å²) < 4.78 is 11.7. The molecule has 0 saturated heterocycles. The van der Waals surface area contributed by atoms with Crippen molar-refractivity contribution in [1.29, 1.82) is 0 Å². The molecule has 0 unspecified atom stereocenters. The average molecular weight is 480 g/mol. The SMILES string of the molecule is Cc1cc(OCc2c(Cl)cccc2Cl)cc2c1C(=O)/C(=C/c1c(Cl)cccc1Cl)O2. The topological polar surface area (TPSA) is 35.5 Å². The third-order valence-electron chi connectivity index (χ3n) is 4.66. The highest BCUT2D eigenvalue weighted by Gasteiger charge is 2.30. The number of halogens is 4. The molecule has 0 atom stereocenters. The van der Waals surface area contributed by atoms with Crippen LogP contribution < -0.4 is 9.47 Å². The van der Waals surface area contributed by atoms with E-state index in [2.05, 4.69) is 0 Å². The number of carbonyl (C=O) groups is 1. The van der Waals surface area contributed by atoms with Crippen LogP contribution in [0.25, 0.3) is 6.08 Å². The van der Waals surface area contributed by atoms with Crippen LogP contribution >= 0.6 is 46.4 Å². The van der Waals surface area contributed by atoms with Crippen molar-refractivity contribution in [2.45, 2.75) is 13.5 Å². The van der Waals surface area contributed by atoms with Crippen LogP contribution in [-0.2, 0) is 6.61 Å². The highest BCUT2D eigenvalue weighted by Crippen LogP contribution is 2.39. The molecule has 30 heavy (non-hydrogen) atoms. The Bertz CT molecular complexity index is 1160. The van der Waals surface area contributed by atoms with E-state index < -0.39 is 0 Å². The number of aryl methyl sites for hydroxylation is 1. The number of hydrogen-bond acceptors (Lipinski definition) is 3. The van der Waals surface area contributed by atoms with Gasteiger partial charge in [0.2, 0.25) is 5.78 Å². The Morgan fingerprint density at radius 1 is 0.933 bits per heavy atom. The molecule has 1 heterocycles. The number of hydrogen-bond donors (Lipinski definition) is 0. The lowest BCUT2D eigenvalue weighted by atomic mass is 10.0. The van der Waals surface area contributed by atoms with E-state index in [4.69, 9.17) is 55.9 Å². The summed E-state index contributed by atoms with van der Waals surface area (Å²) in [6.07, 6.45) is 1.55. The minimum absolute atomic E-state index is 0.148. The predicted molar refractivity (Wildman–Crippen MR) is 121 cm³/mol. The number of carbonyl (C=O) groups excluding carboxylic acids is 1. The van der Waals surface area contributed by atoms with Gasteiger partial charge in [0.05, 0.1) is 5.56 Å². The van der Waals surface area contributed by atoms with Crippen molar-refractivity contribution >= 4 is 58.3 Å². The molecule has 0 fully saturated rings. The molecule has 3 aromatic rings. The number of allylic oxidation sites excluding steroid dienone is 1. The molecule has 0 aliphatic carbocycles. The molecule has 152 valence electrons. The molecule has 0 aromatic heterocycles. The number of Topliss-reactive ketones (excluding diaryl/α,β-unsaturated/α-hetero) is 1. The zero-order chi connectivity index (χ0) is 21.4. The van der Waals surface area contributed by atoms with Crippen molar-refractivity contribution in [3.05, 3.63) is 96.6 Å². The van der Waals surface area contributed by atoms with Crippen LogP contribution in [0.5, 0.6) is 11.5 Å². The molecule has 0 spiro atoms. The Balaban J connectivity index is 1.62. The number of ether oxygens (including phenoxy) is 2. The van der Waals surface area contributed by atoms with Crippen molar-refractivity contribution in [2.24, 2.45) is 0 Å². The monoisotopic (exact) mass is 478 g/mol. The first kappa shape index (κ1) is 21.1. The van der Waals surface area contributed by atoms with Crippen molar-refractivity contribution < 1.29 is 14.3 Å². The first-order valence-corrected chi connectivity index (χ1v) is 10.4. The Hall–Kier alpha value is -2.17. The van der Waals surface area contributed by atoms with Crippen molar-refractivity contribution in [3.63, 3.8) is 0 Å². The molecule has 0 bridgehead atoms. The molecule has 7 heteroatoms. The molecule has 1 aliphatic rings. The lowest BCUT2D eigenvalue weighted by Crippen LogP contribution is -2.00. The van der Waals surface area contributed by atoms with Crippen LogP contribution in [0, 0.1) is 6.92 Å². The van der Waals surface area contributed by atoms with E-state index in [1.54, 1.807) is 54.6 Å². The maximum Gasteiger partial charge on any atom is 0.232 e.